The van der Waals surface area contributed by atoms with Crippen molar-refractivity contribution in [2.75, 3.05) is 0 Å². The van der Waals surface area contributed by atoms with E-state index < -0.39 is 0 Å². The van der Waals surface area contributed by atoms with Crippen molar-refractivity contribution in [1.29, 1.82) is 0 Å². The van der Waals surface area contributed by atoms with Crippen LogP contribution in [0.4, 0.5) is 0 Å². The Hall–Kier alpha value is -1.76. The average molecular weight is 266 g/mol. The van der Waals surface area contributed by atoms with Crippen LogP contribution in [0, 0.1) is 0 Å². The minimum Gasteiger partial charge on any atom is -0.457 e. The molecule has 0 aliphatic carbocycles. The van der Waals surface area contributed by atoms with Gasteiger partial charge in [0.1, 0.15) is 11.5 Å². The Morgan fingerprint density at radius 3 is 2.65 bits per heavy atom. The molecule has 20 heavy (non-hydrogen) atoms. The highest BCUT2D eigenvalue weighted by Gasteiger charge is 2.18. The summed E-state index contributed by atoms with van der Waals surface area (Å²) in [7, 11) is 0. The van der Waals surface area contributed by atoms with E-state index >= 15 is 0 Å². The predicted octanol–water partition coefficient (Wildman–Crippen LogP) is 5.51. The van der Waals surface area contributed by atoms with Crippen molar-refractivity contribution in [3.8, 4) is 11.5 Å². The van der Waals surface area contributed by atoms with Crippen LogP contribution in [0.3, 0.4) is 0 Å². The first-order valence-electron chi connectivity index (χ1n) is 7.75. The van der Waals surface area contributed by atoms with E-state index in [0.717, 1.165) is 17.9 Å². The number of benzene rings is 2. The van der Waals surface area contributed by atoms with Crippen molar-refractivity contribution in [3.63, 3.8) is 0 Å². The Morgan fingerprint density at radius 1 is 0.900 bits per heavy atom. The van der Waals surface area contributed by atoms with Crippen molar-refractivity contribution in [3.05, 3.63) is 59.2 Å². The van der Waals surface area contributed by atoms with E-state index in [-0.39, 0.29) is 0 Å². The van der Waals surface area contributed by atoms with Crippen molar-refractivity contribution in [2.45, 2.75) is 45.4 Å². The quantitative estimate of drug-likeness (QED) is 0.553. The number of hydrogen-bond acceptors (Lipinski definition) is 1. The highest BCUT2D eigenvalue weighted by Crippen LogP contribution is 2.38. The molecule has 0 saturated heterocycles. The minimum absolute atomic E-state index is 1.01. The second-order valence-corrected chi connectivity index (χ2v) is 5.59. The molecule has 0 fully saturated rings. The molecule has 0 saturated carbocycles. The van der Waals surface area contributed by atoms with E-state index in [4.69, 9.17) is 4.74 Å². The summed E-state index contributed by atoms with van der Waals surface area (Å²) >= 11 is 0. The lowest BCUT2D eigenvalue weighted by Gasteiger charge is -2.22. The Labute approximate surface area is 121 Å². The maximum Gasteiger partial charge on any atom is 0.131 e. The Morgan fingerprint density at radius 2 is 1.75 bits per heavy atom. The molecule has 3 rings (SSSR count). The van der Waals surface area contributed by atoms with Gasteiger partial charge in [0, 0.05) is 12.0 Å². The van der Waals surface area contributed by atoms with Gasteiger partial charge in [0.15, 0.2) is 0 Å². The number of para-hydroxylation sites is 1. The standard InChI is InChI=1S/C19H22O/c1-2-3-4-5-9-15-11-8-13-19-17(15)14-16-10-6-7-12-18(16)20-19/h6-8,10-13H,2-5,9,14H2,1H3. The number of aryl methyl sites for hydroxylation is 1. The molecule has 2 aromatic carbocycles. The molecule has 1 nitrogen and oxygen atoms in total. The lowest BCUT2D eigenvalue weighted by atomic mass is 9.93. The van der Waals surface area contributed by atoms with Gasteiger partial charge in [0.05, 0.1) is 0 Å². The molecule has 1 aliphatic heterocycles. The number of fused-ring (bicyclic) bond motifs is 2. The highest BCUT2D eigenvalue weighted by atomic mass is 16.5. The maximum absolute atomic E-state index is 6.05. The second-order valence-electron chi connectivity index (χ2n) is 5.59. The van der Waals surface area contributed by atoms with Crippen LogP contribution in [-0.4, -0.2) is 0 Å². The molecule has 0 radical (unpaired) electrons. The zero-order valence-electron chi connectivity index (χ0n) is 12.2. The molecule has 0 amide bonds. The van der Waals surface area contributed by atoms with Crippen molar-refractivity contribution >= 4 is 0 Å². The van der Waals surface area contributed by atoms with E-state index in [1.165, 1.54) is 48.8 Å². The van der Waals surface area contributed by atoms with Crippen LogP contribution in [0.5, 0.6) is 11.5 Å². The molecule has 0 N–H and O–H groups in total. The molecule has 0 unspecified atom stereocenters. The Bertz CT molecular complexity index is 586. The van der Waals surface area contributed by atoms with Gasteiger partial charge < -0.3 is 4.74 Å². The smallest absolute Gasteiger partial charge is 0.131 e. The van der Waals surface area contributed by atoms with Crippen LogP contribution >= 0.6 is 0 Å². The largest absolute Gasteiger partial charge is 0.457 e. The summed E-state index contributed by atoms with van der Waals surface area (Å²) < 4.78 is 6.05. The first-order valence-corrected chi connectivity index (χ1v) is 7.75. The summed E-state index contributed by atoms with van der Waals surface area (Å²) in [6.07, 6.45) is 7.44. The molecule has 104 valence electrons. The van der Waals surface area contributed by atoms with E-state index in [1.807, 2.05) is 6.07 Å². The van der Waals surface area contributed by atoms with Crippen LogP contribution in [0.1, 0.15) is 49.3 Å². The zero-order valence-corrected chi connectivity index (χ0v) is 12.2. The van der Waals surface area contributed by atoms with Gasteiger partial charge in [-0.25, -0.2) is 0 Å². The summed E-state index contributed by atoms with van der Waals surface area (Å²) in [6, 6.07) is 14.9. The monoisotopic (exact) mass is 266 g/mol. The van der Waals surface area contributed by atoms with Crippen LogP contribution in [0.15, 0.2) is 42.5 Å². The van der Waals surface area contributed by atoms with Gasteiger partial charge in [-0.3, -0.25) is 0 Å². The van der Waals surface area contributed by atoms with Crippen molar-refractivity contribution < 1.29 is 4.74 Å². The van der Waals surface area contributed by atoms with Gasteiger partial charge >= 0.3 is 0 Å². The van der Waals surface area contributed by atoms with Gasteiger partial charge in [0.2, 0.25) is 0 Å². The zero-order chi connectivity index (χ0) is 13.8. The third kappa shape index (κ3) is 2.72. The molecule has 1 heteroatoms. The highest BCUT2D eigenvalue weighted by molar-refractivity contribution is 5.52. The fourth-order valence-electron chi connectivity index (χ4n) is 2.94. The SMILES string of the molecule is CCCCCCc1cccc2c1Cc1ccccc1O2. The molecule has 0 spiro atoms. The molecular formula is C19H22O. The van der Waals surface area contributed by atoms with Gasteiger partial charge in [-0.2, -0.15) is 0 Å². The van der Waals surface area contributed by atoms with Crippen LogP contribution in [0.25, 0.3) is 0 Å². The second kappa shape index (κ2) is 6.13. The molecule has 0 bridgehead atoms. The summed E-state index contributed by atoms with van der Waals surface area (Å²) in [5, 5.41) is 0. The third-order valence-electron chi connectivity index (χ3n) is 4.09. The van der Waals surface area contributed by atoms with Crippen LogP contribution < -0.4 is 4.74 Å². The summed E-state index contributed by atoms with van der Waals surface area (Å²) in [4.78, 5) is 0. The fourth-order valence-corrected chi connectivity index (χ4v) is 2.94. The van der Waals surface area contributed by atoms with E-state index in [9.17, 15) is 0 Å². The normalized spacial score (nSPS) is 12.4. The summed E-state index contributed by atoms with van der Waals surface area (Å²) in [6.45, 7) is 2.26. The molecule has 1 heterocycles. The van der Waals surface area contributed by atoms with Crippen molar-refractivity contribution in [1.82, 2.24) is 0 Å². The van der Waals surface area contributed by atoms with Gasteiger partial charge in [0.25, 0.3) is 0 Å². The lowest BCUT2D eigenvalue weighted by molar-refractivity contribution is 0.458. The van der Waals surface area contributed by atoms with Gasteiger partial charge in [-0.15, -0.1) is 0 Å². The number of hydrogen-bond donors (Lipinski definition) is 0. The first-order chi connectivity index (χ1) is 9.88. The Balaban J connectivity index is 1.79. The fraction of sp³-hybridized carbons (Fsp3) is 0.368. The minimum atomic E-state index is 1.01. The Kier molecular flexibility index (Phi) is 4.05. The summed E-state index contributed by atoms with van der Waals surface area (Å²) in [5.74, 6) is 2.07. The van der Waals surface area contributed by atoms with Crippen molar-refractivity contribution in [2.24, 2.45) is 0 Å². The van der Waals surface area contributed by atoms with Crippen LogP contribution in [0.2, 0.25) is 0 Å². The predicted molar refractivity (Wildman–Crippen MR) is 83.6 cm³/mol. The van der Waals surface area contributed by atoms with Crippen LogP contribution in [-0.2, 0) is 12.8 Å². The number of rotatable bonds is 5. The first kappa shape index (κ1) is 13.2. The third-order valence-corrected chi connectivity index (χ3v) is 4.09. The topological polar surface area (TPSA) is 9.23 Å². The summed E-state index contributed by atoms with van der Waals surface area (Å²) in [5.41, 5.74) is 4.16. The molecule has 0 atom stereocenters. The van der Waals surface area contributed by atoms with Gasteiger partial charge in [-0.1, -0.05) is 56.5 Å². The van der Waals surface area contributed by atoms with E-state index in [1.54, 1.807) is 0 Å². The number of unbranched alkanes of at least 4 members (excludes halogenated alkanes) is 3. The van der Waals surface area contributed by atoms with E-state index in [2.05, 4.69) is 43.3 Å². The molecular weight excluding hydrogens is 244 g/mol. The number of ether oxygens (including phenoxy) is 1. The van der Waals surface area contributed by atoms with E-state index in [0.29, 0.717) is 0 Å². The molecule has 0 aromatic heterocycles. The van der Waals surface area contributed by atoms with Gasteiger partial charge in [-0.05, 0) is 36.1 Å². The molecule has 1 aliphatic rings. The lowest BCUT2D eigenvalue weighted by Crippen LogP contribution is -2.06. The molecule has 2 aromatic rings. The average Bonchev–Trinajstić information content (AvgIpc) is 2.50. The maximum atomic E-state index is 6.05.